The third-order valence-electron chi connectivity index (χ3n) is 5.30. The Hall–Kier alpha value is -3.57. The summed E-state index contributed by atoms with van der Waals surface area (Å²) in [5.41, 5.74) is 0.735. The van der Waals surface area contributed by atoms with Gasteiger partial charge in [0.1, 0.15) is 5.57 Å². The highest BCUT2D eigenvalue weighted by molar-refractivity contribution is 9.10. The molecule has 0 unspecified atom stereocenters. The molecule has 1 aliphatic rings. The molecule has 2 N–H and O–H groups in total. The van der Waals surface area contributed by atoms with Crippen molar-refractivity contribution in [3.05, 3.63) is 85.3 Å². The van der Waals surface area contributed by atoms with E-state index in [9.17, 15) is 19.2 Å². The van der Waals surface area contributed by atoms with Gasteiger partial charge in [0, 0.05) is 10.7 Å². The average molecular weight is 654 g/mol. The number of carbonyl (C=O) groups excluding carboxylic acids is 4. The van der Waals surface area contributed by atoms with E-state index >= 15 is 0 Å². The van der Waals surface area contributed by atoms with Gasteiger partial charge in [-0.05, 0) is 82.2 Å². The van der Waals surface area contributed by atoms with Gasteiger partial charge in [0.25, 0.3) is 17.7 Å². The first-order valence-corrected chi connectivity index (χ1v) is 12.9. The second-order valence-electron chi connectivity index (χ2n) is 7.93. The SMILES string of the molecule is COc1cc(/C=C2\C(=O)NC(=O)N(c3ccc(Cl)c(Cl)c3)C2=O)cc(Br)c1OCC(=O)Nc1ccc(Cl)cc1. The van der Waals surface area contributed by atoms with Gasteiger partial charge in [0.05, 0.1) is 27.3 Å². The number of anilines is 2. The van der Waals surface area contributed by atoms with Crippen molar-refractivity contribution < 1.29 is 28.7 Å². The Kier molecular flexibility index (Phi) is 8.81. The molecule has 0 spiro atoms. The van der Waals surface area contributed by atoms with Crippen LogP contribution in [0.15, 0.2) is 64.6 Å². The quantitative estimate of drug-likeness (QED) is 0.235. The molecule has 4 rings (SSSR count). The van der Waals surface area contributed by atoms with Gasteiger partial charge in [-0.3, -0.25) is 19.7 Å². The number of benzene rings is 3. The third-order valence-corrected chi connectivity index (χ3v) is 6.88. The number of amides is 5. The van der Waals surface area contributed by atoms with Crippen molar-refractivity contribution in [1.82, 2.24) is 5.32 Å². The van der Waals surface area contributed by atoms with Crippen molar-refractivity contribution in [2.45, 2.75) is 0 Å². The van der Waals surface area contributed by atoms with E-state index in [1.807, 2.05) is 0 Å². The maximum absolute atomic E-state index is 13.2. The van der Waals surface area contributed by atoms with Gasteiger partial charge in [-0.25, -0.2) is 9.69 Å². The predicted molar refractivity (Wildman–Crippen MR) is 152 cm³/mol. The monoisotopic (exact) mass is 651 g/mol. The highest BCUT2D eigenvalue weighted by Gasteiger charge is 2.37. The van der Waals surface area contributed by atoms with Crippen LogP contribution >= 0.6 is 50.7 Å². The number of carbonyl (C=O) groups is 4. The van der Waals surface area contributed by atoms with Crippen LogP contribution in [0.25, 0.3) is 6.08 Å². The van der Waals surface area contributed by atoms with Crippen LogP contribution in [0.4, 0.5) is 16.2 Å². The van der Waals surface area contributed by atoms with Crippen LogP contribution in [0.2, 0.25) is 15.1 Å². The summed E-state index contributed by atoms with van der Waals surface area (Å²) < 4.78 is 11.4. The topological polar surface area (TPSA) is 114 Å². The molecule has 1 fully saturated rings. The number of nitrogens with zero attached hydrogens (tertiary/aromatic N) is 1. The number of rotatable bonds is 7. The smallest absolute Gasteiger partial charge is 0.335 e. The molecular weight excluding hydrogens is 637 g/mol. The van der Waals surface area contributed by atoms with Crippen LogP contribution in [-0.4, -0.2) is 37.5 Å². The lowest BCUT2D eigenvalue weighted by Crippen LogP contribution is -2.54. The number of methoxy groups -OCH3 is 1. The van der Waals surface area contributed by atoms with E-state index in [1.165, 1.54) is 37.5 Å². The van der Waals surface area contributed by atoms with Crippen molar-refractivity contribution in [3.8, 4) is 11.5 Å². The zero-order chi connectivity index (χ0) is 28.3. The summed E-state index contributed by atoms with van der Waals surface area (Å²) in [6.45, 7) is -0.334. The van der Waals surface area contributed by atoms with E-state index in [1.54, 1.807) is 30.3 Å². The molecule has 39 heavy (non-hydrogen) atoms. The maximum Gasteiger partial charge on any atom is 0.335 e. The normalized spacial score (nSPS) is 14.3. The first kappa shape index (κ1) is 28.4. The Morgan fingerprint density at radius 2 is 1.74 bits per heavy atom. The van der Waals surface area contributed by atoms with E-state index in [2.05, 4.69) is 26.6 Å². The van der Waals surface area contributed by atoms with Gasteiger partial charge in [-0.1, -0.05) is 34.8 Å². The van der Waals surface area contributed by atoms with Gasteiger partial charge in [-0.15, -0.1) is 0 Å². The molecule has 5 amide bonds. The van der Waals surface area contributed by atoms with Gasteiger partial charge in [-0.2, -0.15) is 0 Å². The molecule has 3 aromatic carbocycles. The highest BCUT2D eigenvalue weighted by atomic mass is 79.9. The number of halogens is 4. The fourth-order valence-electron chi connectivity index (χ4n) is 3.51. The number of imide groups is 2. The molecule has 0 bridgehead atoms. The van der Waals surface area contributed by atoms with Crippen LogP contribution in [0.5, 0.6) is 11.5 Å². The summed E-state index contributed by atoms with van der Waals surface area (Å²) in [4.78, 5) is 51.3. The molecule has 0 aliphatic carbocycles. The summed E-state index contributed by atoms with van der Waals surface area (Å²) >= 11 is 21.2. The first-order chi connectivity index (χ1) is 18.6. The summed E-state index contributed by atoms with van der Waals surface area (Å²) in [6.07, 6.45) is 1.29. The lowest BCUT2D eigenvalue weighted by Gasteiger charge is -2.26. The number of barbiturate groups is 1. The maximum atomic E-state index is 13.2. The lowest BCUT2D eigenvalue weighted by atomic mass is 10.1. The fraction of sp³-hybridized carbons (Fsp3) is 0.0769. The molecule has 0 atom stereocenters. The standard InChI is InChI=1S/C26H17BrCl3N3O6/c1-38-21-10-13(9-18(27)23(21)39-12-22(34)31-15-4-2-14(28)3-5-15)8-17-24(35)32-26(37)33(25(17)36)16-6-7-19(29)20(30)11-16/h2-11H,12H2,1H3,(H,31,34)(H,32,35,37)/b17-8+. The van der Waals surface area contributed by atoms with Crippen molar-refractivity contribution in [3.63, 3.8) is 0 Å². The fourth-order valence-corrected chi connectivity index (χ4v) is 4.51. The Balaban J connectivity index is 1.56. The van der Waals surface area contributed by atoms with E-state index in [0.29, 0.717) is 20.7 Å². The van der Waals surface area contributed by atoms with Gasteiger partial charge in [0.15, 0.2) is 18.1 Å². The Morgan fingerprint density at radius 1 is 1.03 bits per heavy atom. The number of urea groups is 1. The molecule has 0 radical (unpaired) electrons. The van der Waals surface area contributed by atoms with Gasteiger partial charge < -0.3 is 14.8 Å². The molecule has 1 heterocycles. The van der Waals surface area contributed by atoms with Crippen LogP contribution in [0, 0.1) is 0 Å². The minimum absolute atomic E-state index is 0.128. The largest absolute Gasteiger partial charge is 0.493 e. The minimum atomic E-state index is -0.931. The van der Waals surface area contributed by atoms with Crippen LogP contribution in [-0.2, 0) is 14.4 Å². The zero-order valence-corrected chi connectivity index (χ0v) is 23.7. The Labute approximate surface area is 245 Å². The Bertz CT molecular complexity index is 1530. The second kappa shape index (κ2) is 12.1. The second-order valence-corrected chi connectivity index (χ2v) is 10.0. The van der Waals surface area contributed by atoms with Crippen molar-refractivity contribution in [2.24, 2.45) is 0 Å². The van der Waals surface area contributed by atoms with Gasteiger partial charge in [0.2, 0.25) is 0 Å². The van der Waals surface area contributed by atoms with E-state index < -0.39 is 23.8 Å². The van der Waals surface area contributed by atoms with Crippen molar-refractivity contribution in [1.29, 1.82) is 0 Å². The first-order valence-electron chi connectivity index (χ1n) is 11.0. The zero-order valence-electron chi connectivity index (χ0n) is 19.9. The number of ether oxygens (including phenoxy) is 2. The number of nitrogens with one attached hydrogen (secondary N) is 2. The highest BCUT2D eigenvalue weighted by Crippen LogP contribution is 2.38. The predicted octanol–water partition coefficient (Wildman–Crippen LogP) is 6.10. The molecular formula is C26H17BrCl3N3O6. The molecule has 0 saturated carbocycles. The van der Waals surface area contributed by atoms with Crippen molar-refractivity contribution in [2.75, 3.05) is 23.9 Å². The molecule has 200 valence electrons. The average Bonchev–Trinajstić information content (AvgIpc) is 2.89. The number of hydrogen-bond donors (Lipinski definition) is 2. The molecule has 1 aliphatic heterocycles. The third kappa shape index (κ3) is 6.54. The Morgan fingerprint density at radius 3 is 2.41 bits per heavy atom. The number of hydrogen-bond acceptors (Lipinski definition) is 6. The van der Waals surface area contributed by atoms with E-state index in [4.69, 9.17) is 44.3 Å². The summed E-state index contributed by atoms with van der Waals surface area (Å²) in [6, 6.07) is 12.9. The molecule has 0 aromatic heterocycles. The van der Waals surface area contributed by atoms with Crippen LogP contribution in [0.1, 0.15) is 5.56 Å². The van der Waals surface area contributed by atoms with Crippen LogP contribution < -0.4 is 25.0 Å². The summed E-state index contributed by atoms with van der Waals surface area (Å²) in [5.74, 6) is -1.73. The summed E-state index contributed by atoms with van der Waals surface area (Å²) in [5, 5.41) is 5.72. The minimum Gasteiger partial charge on any atom is -0.493 e. The lowest BCUT2D eigenvalue weighted by molar-refractivity contribution is -0.122. The molecule has 13 heteroatoms. The van der Waals surface area contributed by atoms with E-state index in [-0.39, 0.29) is 39.4 Å². The molecule has 1 saturated heterocycles. The molecule has 9 nitrogen and oxygen atoms in total. The van der Waals surface area contributed by atoms with Crippen molar-refractivity contribution >= 4 is 91.9 Å². The van der Waals surface area contributed by atoms with E-state index in [0.717, 1.165) is 4.90 Å². The van der Waals surface area contributed by atoms with Gasteiger partial charge >= 0.3 is 6.03 Å². The molecule has 3 aromatic rings. The van der Waals surface area contributed by atoms with Crippen LogP contribution in [0.3, 0.4) is 0 Å². The summed E-state index contributed by atoms with van der Waals surface area (Å²) in [7, 11) is 1.39.